The number of likely N-dealkylation sites (N-methyl/N-ethyl adjacent to an activating group) is 1. The van der Waals surface area contributed by atoms with Crippen LogP contribution in [0.1, 0.15) is 23.7 Å². The minimum Gasteiger partial charge on any atom is -0.347 e. The molecule has 0 radical (unpaired) electrons. The van der Waals surface area contributed by atoms with Crippen LogP contribution in [-0.2, 0) is 4.79 Å². The van der Waals surface area contributed by atoms with Crippen LogP contribution < -0.4 is 0 Å². The number of amides is 2. The van der Waals surface area contributed by atoms with Gasteiger partial charge < -0.3 is 9.80 Å². The van der Waals surface area contributed by atoms with Crippen LogP contribution in [0.4, 0.5) is 0 Å². The number of carbonyl (C=O) groups excluding carboxylic acids is 2. The fourth-order valence-electron chi connectivity index (χ4n) is 1.66. The molecule has 0 aliphatic heterocycles. The van der Waals surface area contributed by atoms with Gasteiger partial charge in [-0.25, -0.2) is 0 Å². The van der Waals surface area contributed by atoms with Gasteiger partial charge in [0.2, 0.25) is 5.91 Å². The Kier molecular flexibility index (Phi) is 6.68. The van der Waals surface area contributed by atoms with E-state index in [1.807, 2.05) is 19.1 Å². The van der Waals surface area contributed by atoms with Gasteiger partial charge in [-0.15, -0.1) is 0 Å². The summed E-state index contributed by atoms with van der Waals surface area (Å²) in [5.74, 6) is -0.221. The first-order chi connectivity index (χ1) is 9.36. The summed E-state index contributed by atoms with van der Waals surface area (Å²) in [6.07, 6.45) is 0.806. The summed E-state index contributed by atoms with van der Waals surface area (Å²) in [6.45, 7) is 2.64. The number of rotatable bonds is 5. The molecule has 1 rings (SSSR count). The number of carbonyl (C=O) groups is 2. The van der Waals surface area contributed by atoms with Crippen LogP contribution in [0.15, 0.2) is 27.1 Å². The van der Waals surface area contributed by atoms with E-state index in [0.29, 0.717) is 12.1 Å². The third kappa shape index (κ3) is 4.59. The third-order valence-electron chi connectivity index (χ3n) is 2.77. The molecule has 4 nitrogen and oxygen atoms in total. The van der Waals surface area contributed by atoms with Crippen molar-refractivity contribution in [1.82, 2.24) is 9.80 Å². The monoisotopic (exact) mass is 404 g/mol. The summed E-state index contributed by atoms with van der Waals surface area (Å²) in [6, 6.07) is 5.39. The van der Waals surface area contributed by atoms with E-state index in [1.165, 1.54) is 4.90 Å². The number of halogens is 2. The Labute approximate surface area is 136 Å². The average Bonchev–Trinajstić information content (AvgIpc) is 2.37. The molecule has 0 bridgehead atoms. The van der Waals surface area contributed by atoms with Crippen molar-refractivity contribution < 1.29 is 9.59 Å². The maximum absolute atomic E-state index is 12.5. The molecule has 0 fully saturated rings. The summed E-state index contributed by atoms with van der Waals surface area (Å²) >= 11 is 6.75. The highest BCUT2D eigenvalue weighted by Gasteiger charge is 2.20. The maximum atomic E-state index is 12.5. The van der Waals surface area contributed by atoms with Gasteiger partial charge in [0, 0.05) is 29.6 Å². The number of hydrogen-bond donors (Lipinski definition) is 0. The molecule has 0 atom stereocenters. The molecule has 0 saturated carbocycles. The van der Waals surface area contributed by atoms with E-state index in [1.54, 1.807) is 25.1 Å². The second kappa shape index (κ2) is 7.78. The standard InChI is InChI=1S/C14H18Br2N2O2/c1-4-7-18(9-13(19)17(2)3)14(20)11-6-5-10(15)8-12(11)16/h5-6,8H,4,7,9H2,1-3H3. The van der Waals surface area contributed by atoms with Crippen molar-refractivity contribution in [3.05, 3.63) is 32.7 Å². The molecule has 6 heteroatoms. The molecule has 0 N–H and O–H groups in total. The van der Waals surface area contributed by atoms with E-state index in [9.17, 15) is 9.59 Å². The van der Waals surface area contributed by atoms with Gasteiger partial charge in [0.15, 0.2) is 0 Å². The van der Waals surface area contributed by atoms with E-state index in [-0.39, 0.29) is 18.4 Å². The summed E-state index contributed by atoms with van der Waals surface area (Å²) in [5.41, 5.74) is 0.563. The molecular weight excluding hydrogens is 388 g/mol. The van der Waals surface area contributed by atoms with Crippen LogP contribution in [0.3, 0.4) is 0 Å². The van der Waals surface area contributed by atoms with Gasteiger partial charge in [-0.1, -0.05) is 22.9 Å². The van der Waals surface area contributed by atoms with Gasteiger partial charge in [-0.05, 0) is 40.5 Å². The van der Waals surface area contributed by atoms with Crippen molar-refractivity contribution in [2.75, 3.05) is 27.2 Å². The first-order valence-electron chi connectivity index (χ1n) is 6.31. The second-order valence-corrected chi connectivity index (χ2v) is 6.41. The number of nitrogens with zero attached hydrogens (tertiary/aromatic N) is 2. The average molecular weight is 406 g/mol. The normalized spacial score (nSPS) is 10.2. The van der Waals surface area contributed by atoms with Gasteiger partial charge >= 0.3 is 0 Å². The molecule has 20 heavy (non-hydrogen) atoms. The quantitative estimate of drug-likeness (QED) is 0.754. The largest absolute Gasteiger partial charge is 0.347 e. The zero-order chi connectivity index (χ0) is 15.3. The third-order valence-corrected chi connectivity index (χ3v) is 3.92. The van der Waals surface area contributed by atoms with Crippen molar-refractivity contribution in [1.29, 1.82) is 0 Å². The van der Waals surface area contributed by atoms with Gasteiger partial charge in [0.05, 0.1) is 5.56 Å². The van der Waals surface area contributed by atoms with E-state index >= 15 is 0 Å². The Morgan fingerprint density at radius 3 is 2.35 bits per heavy atom. The molecule has 0 aromatic heterocycles. The van der Waals surface area contributed by atoms with Gasteiger partial charge in [-0.2, -0.15) is 0 Å². The molecule has 1 aromatic carbocycles. The molecular formula is C14H18Br2N2O2. The Hall–Kier alpha value is -0.880. The first-order valence-corrected chi connectivity index (χ1v) is 7.89. The van der Waals surface area contributed by atoms with Crippen LogP contribution in [0.5, 0.6) is 0 Å². The van der Waals surface area contributed by atoms with Crippen molar-refractivity contribution in [2.24, 2.45) is 0 Å². The lowest BCUT2D eigenvalue weighted by atomic mass is 10.2. The summed E-state index contributed by atoms with van der Waals surface area (Å²) in [4.78, 5) is 27.4. The molecule has 0 aliphatic carbocycles. The summed E-state index contributed by atoms with van der Waals surface area (Å²) in [7, 11) is 3.37. The van der Waals surface area contributed by atoms with Crippen LogP contribution >= 0.6 is 31.9 Å². The molecule has 0 unspecified atom stereocenters. The van der Waals surface area contributed by atoms with Crippen LogP contribution in [-0.4, -0.2) is 48.8 Å². The topological polar surface area (TPSA) is 40.6 Å². The maximum Gasteiger partial charge on any atom is 0.255 e. The van der Waals surface area contributed by atoms with Crippen molar-refractivity contribution in [2.45, 2.75) is 13.3 Å². The van der Waals surface area contributed by atoms with Crippen molar-refractivity contribution in [3.8, 4) is 0 Å². The molecule has 110 valence electrons. The summed E-state index contributed by atoms with van der Waals surface area (Å²) in [5, 5.41) is 0. The lowest BCUT2D eigenvalue weighted by Crippen LogP contribution is -2.40. The lowest BCUT2D eigenvalue weighted by molar-refractivity contribution is -0.129. The SMILES string of the molecule is CCCN(CC(=O)N(C)C)C(=O)c1ccc(Br)cc1Br. The Bertz CT molecular complexity index is 504. The molecule has 0 spiro atoms. The van der Waals surface area contributed by atoms with E-state index in [0.717, 1.165) is 15.4 Å². The van der Waals surface area contributed by atoms with Crippen LogP contribution in [0, 0.1) is 0 Å². The van der Waals surface area contributed by atoms with Crippen molar-refractivity contribution in [3.63, 3.8) is 0 Å². The Morgan fingerprint density at radius 2 is 1.85 bits per heavy atom. The fourth-order valence-corrected chi connectivity index (χ4v) is 2.88. The number of hydrogen-bond acceptors (Lipinski definition) is 2. The van der Waals surface area contributed by atoms with Crippen LogP contribution in [0.25, 0.3) is 0 Å². The van der Waals surface area contributed by atoms with Crippen molar-refractivity contribution >= 4 is 43.7 Å². The molecule has 1 aromatic rings. The predicted octanol–water partition coefficient (Wildman–Crippen LogP) is 3.15. The summed E-state index contributed by atoms with van der Waals surface area (Å²) < 4.78 is 1.61. The molecule has 0 aliphatic rings. The van der Waals surface area contributed by atoms with E-state index in [2.05, 4.69) is 31.9 Å². The molecule has 2 amide bonds. The highest BCUT2D eigenvalue weighted by Crippen LogP contribution is 2.23. The smallest absolute Gasteiger partial charge is 0.255 e. The Morgan fingerprint density at radius 1 is 1.20 bits per heavy atom. The highest BCUT2D eigenvalue weighted by atomic mass is 79.9. The first kappa shape index (κ1) is 17.2. The van der Waals surface area contributed by atoms with E-state index in [4.69, 9.17) is 0 Å². The van der Waals surface area contributed by atoms with Gasteiger partial charge in [0.1, 0.15) is 6.54 Å². The lowest BCUT2D eigenvalue weighted by Gasteiger charge is -2.24. The number of benzene rings is 1. The molecule has 0 heterocycles. The highest BCUT2D eigenvalue weighted by molar-refractivity contribution is 9.11. The van der Waals surface area contributed by atoms with Gasteiger partial charge in [0.25, 0.3) is 5.91 Å². The minimum absolute atomic E-state index is 0.0833. The predicted molar refractivity (Wildman–Crippen MR) is 86.7 cm³/mol. The van der Waals surface area contributed by atoms with E-state index < -0.39 is 0 Å². The Balaban J connectivity index is 2.96. The van der Waals surface area contributed by atoms with Gasteiger partial charge in [-0.3, -0.25) is 9.59 Å². The second-order valence-electron chi connectivity index (χ2n) is 4.64. The zero-order valence-electron chi connectivity index (χ0n) is 11.8. The zero-order valence-corrected chi connectivity index (χ0v) is 15.0. The van der Waals surface area contributed by atoms with Crippen LogP contribution in [0.2, 0.25) is 0 Å². The molecule has 0 saturated heterocycles. The minimum atomic E-state index is -0.138. The fraction of sp³-hybridized carbons (Fsp3) is 0.429.